The minimum absolute atomic E-state index is 0.0227. The van der Waals surface area contributed by atoms with Crippen molar-refractivity contribution in [2.75, 3.05) is 36.4 Å². The Kier molecular flexibility index (Phi) is 5.83. The zero-order chi connectivity index (χ0) is 24.7. The SMILES string of the molecule is CC(=O)N1CCN(c2cc3c(N[C@H](C)c4cccc(C(F)F)c4F)ncnc3n3nnnc23)CC1. The van der Waals surface area contributed by atoms with Gasteiger partial charge in [0.15, 0.2) is 5.65 Å². The van der Waals surface area contributed by atoms with Gasteiger partial charge < -0.3 is 15.1 Å². The zero-order valence-electron chi connectivity index (χ0n) is 19.0. The van der Waals surface area contributed by atoms with E-state index in [4.69, 9.17) is 0 Å². The Morgan fingerprint density at radius 1 is 1.09 bits per heavy atom. The predicted molar refractivity (Wildman–Crippen MR) is 122 cm³/mol. The summed E-state index contributed by atoms with van der Waals surface area (Å²) in [5.74, 6) is -0.549. The number of nitrogens with one attached hydrogen (secondary N) is 1. The van der Waals surface area contributed by atoms with Crippen LogP contribution in [0.1, 0.15) is 37.4 Å². The van der Waals surface area contributed by atoms with Crippen LogP contribution in [0.3, 0.4) is 0 Å². The fourth-order valence-corrected chi connectivity index (χ4v) is 4.34. The summed E-state index contributed by atoms with van der Waals surface area (Å²) in [5.41, 5.74) is 1.12. The lowest BCUT2D eigenvalue weighted by molar-refractivity contribution is -0.129. The van der Waals surface area contributed by atoms with Crippen molar-refractivity contribution in [3.05, 3.63) is 47.5 Å². The van der Waals surface area contributed by atoms with Crippen LogP contribution in [-0.2, 0) is 4.79 Å². The third-order valence-electron chi connectivity index (χ3n) is 6.22. The van der Waals surface area contributed by atoms with Crippen molar-refractivity contribution in [2.24, 2.45) is 0 Å². The summed E-state index contributed by atoms with van der Waals surface area (Å²) in [6, 6.07) is 5.12. The van der Waals surface area contributed by atoms with Gasteiger partial charge in [-0.3, -0.25) is 4.79 Å². The van der Waals surface area contributed by atoms with Crippen LogP contribution in [0, 0.1) is 5.82 Å². The molecule has 0 bridgehead atoms. The van der Waals surface area contributed by atoms with Gasteiger partial charge in [-0.25, -0.2) is 23.1 Å². The van der Waals surface area contributed by atoms with E-state index < -0.39 is 23.8 Å². The summed E-state index contributed by atoms with van der Waals surface area (Å²) in [6.07, 6.45) is -1.59. The van der Waals surface area contributed by atoms with E-state index in [1.807, 2.05) is 6.07 Å². The van der Waals surface area contributed by atoms with E-state index in [2.05, 4.69) is 35.7 Å². The molecule has 0 radical (unpaired) electrons. The van der Waals surface area contributed by atoms with Crippen molar-refractivity contribution in [2.45, 2.75) is 26.3 Å². The number of benzene rings is 1. The molecular formula is C22H22F3N9O. The van der Waals surface area contributed by atoms with Gasteiger partial charge in [-0.05, 0) is 23.4 Å². The molecule has 1 atom stereocenters. The lowest BCUT2D eigenvalue weighted by Crippen LogP contribution is -2.48. The maximum atomic E-state index is 14.7. The first-order valence-electron chi connectivity index (χ1n) is 11.0. The second-order valence-corrected chi connectivity index (χ2v) is 8.31. The van der Waals surface area contributed by atoms with E-state index in [-0.39, 0.29) is 11.5 Å². The molecule has 182 valence electrons. The van der Waals surface area contributed by atoms with Crippen LogP contribution < -0.4 is 10.2 Å². The highest BCUT2D eigenvalue weighted by molar-refractivity contribution is 5.93. The molecule has 1 fully saturated rings. The van der Waals surface area contributed by atoms with Crippen LogP contribution in [-0.4, -0.2) is 67.0 Å². The van der Waals surface area contributed by atoms with Crippen molar-refractivity contribution < 1.29 is 18.0 Å². The van der Waals surface area contributed by atoms with Gasteiger partial charge in [-0.2, -0.15) is 4.52 Å². The van der Waals surface area contributed by atoms with E-state index in [9.17, 15) is 18.0 Å². The summed E-state index contributed by atoms with van der Waals surface area (Å²) >= 11 is 0. The van der Waals surface area contributed by atoms with E-state index in [1.54, 1.807) is 18.7 Å². The maximum absolute atomic E-state index is 14.7. The van der Waals surface area contributed by atoms with Crippen LogP contribution in [0.5, 0.6) is 0 Å². The average molecular weight is 485 g/mol. The number of carbonyl (C=O) groups excluding carboxylic acids is 1. The molecule has 1 aliphatic heterocycles. The third-order valence-corrected chi connectivity index (χ3v) is 6.22. The summed E-state index contributed by atoms with van der Waals surface area (Å²) in [4.78, 5) is 24.2. The van der Waals surface area contributed by atoms with E-state index in [0.717, 1.165) is 11.8 Å². The van der Waals surface area contributed by atoms with Gasteiger partial charge in [0.05, 0.1) is 22.7 Å². The number of anilines is 2. The van der Waals surface area contributed by atoms with Gasteiger partial charge in [0, 0.05) is 38.7 Å². The number of piperazine rings is 1. The molecule has 35 heavy (non-hydrogen) atoms. The monoisotopic (exact) mass is 485 g/mol. The fraction of sp³-hybridized carbons (Fsp3) is 0.364. The molecule has 10 nitrogen and oxygen atoms in total. The second kappa shape index (κ2) is 8.96. The number of hydrogen-bond donors (Lipinski definition) is 1. The Bertz CT molecular complexity index is 1400. The number of nitrogens with zero attached hydrogens (tertiary/aromatic N) is 8. The largest absolute Gasteiger partial charge is 0.365 e. The molecule has 0 spiro atoms. The molecule has 4 heterocycles. The highest BCUT2D eigenvalue weighted by Crippen LogP contribution is 2.32. The third kappa shape index (κ3) is 4.06. The lowest BCUT2D eigenvalue weighted by atomic mass is 10.0. The standard InChI is InChI=1S/C22H22F3N9O/c1-12(14-4-3-5-15(18(14)23)19(24)25)28-20-16-10-17(33-8-6-32(7-9-33)13(2)35)22-29-30-31-34(22)21(16)27-11-26-20/h3-5,10-12,19H,6-9H2,1-2H3,(H,26,27,28)/t12-/m1/s1. The zero-order valence-corrected chi connectivity index (χ0v) is 19.0. The van der Waals surface area contributed by atoms with Crippen LogP contribution in [0.4, 0.5) is 24.7 Å². The van der Waals surface area contributed by atoms with Crippen LogP contribution >= 0.6 is 0 Å². The van der Waals surface area contributed by atoms with Crippen molar-refractivity contribution in [1.82, 2.24) is 34.9 Å². The number of rotatable bonds is 5. The number of pyridine rings is 1. The van der Waals surface area contributed by atoms with Crippen LogP contribution in [0.25, 0.3) is 16.7 Å². The maximum Gasteiger partial charge on any atom is 0.266 e. The molecule has 3 aromatic heterocycles. The Labute approximate surface area is 197 Å². The summed E-state index contributed by atoms with van der Waals surface area (Å²) in [5, 5.41) is 15.7. The second-order valence-electron chi connectivity index (χ2n) is 8.31. The van der Waals surface area contributed by atoms with Gasteiger partial charge in [-0.15, -0.1) is 5.10 Å². The van der Waals surface area contributed by atoms with E-state index >= 15 is 0 Å². The molecule has 4 aromatic rings. The predicted octanol–water partition coefficient (Wildman–Crippen LogP) is 2.99. The first-order chi connectivity index (χ1) is 16.8. The van der Waals surface area contributed by atoms with Crippen molar-refractivity contribution in [3.63, 3.8) is 0 Å². The first-order valence-corrected chi connectivity index (χ1v) is 11.0. The minimum atomic E-state index is -2.92. The van der Waals surface area contributed by atoms with Crippen molar-refractivity contribution in [3.8, 4) is 0 Å². The van der Waals surface area contributed by atoms with Gasteiger partial charge in [0.2, 0.25) is 11.6 Å². The molecule has 5 rings (SSSR count). The fourth-order valence-electron chi connectivity index (χ4n) is 4.34. The lowest BCUT2D eigenvalue weighted by Gasteiger charge is -2.35. The Balaban J connectivity index is 1.54. The number of halogens is 3. The molecule has 1 amide bonds. The number of fused-ring (bicyclic) bond motifs is 3. The Morgan fingerprint density at radius 2 is 1.83 bits per heavy atom. The number of amides is 1. The molecule has 1 saturated heterocycles. The quantitative estimate of drug-likeness (QED) is 0.460. The highest BCUT2D eigenvalue weighted by Gasteiger charge is 2.25. The molecule has 1 aromatic carbocycles. The smallest absolute Gasteiger partial charge is 0.266 e. The number of tetrazole rings is 1. The normalized spacial score (nSPS) is 15.3. The number of carbonyl (C=O) groups is 1. The van der Waals surface area contributed by atoms with Crippen molar-refractivity contribution in [1.29, 1.82) is 0 Å². The number of alkyl halides is 2. The van der Waals surface area contributed by atoms with Gasteiger partial charge in [0.25, 0.3) is 6.43 Å². The summed E-state index contributed by atoms with van der Waals surface area (Å²) in [7, 11) is 0. The molecule has 0 saturated carbocycles. The topological polar surface area (TPSA) is 104 Å². The molecule has 0 unspecified atom stereocenters. The summed E-state index contributed by atoms with van der Waals surface area (Å²) in [6.45, 7) is 5.52. The average Bonchev–Trinajstić information content (AvgIpc) is 3.34. The van der Waals surface area contributed by atoms with Crippen molar-refractivity contribution >= 4 is 34.1 Å². The Morgan fingerprint density at radius 3 is 2.54 bits per heavy atom. The van der Waals surface area contributed by atoms with Crippen LogP contribution in [0.15, 0.2) is 30.6 Å². The molecule has 13 heteroatoms. The molecular weight excluding hydrogens is 463 g/mol. The number of aromatic nitrogens is 6. The summed E-state index contributed by atoms with van der Waals surface area (Å²) < 4.78 is 42.6. The van der Waals surface area contributed by atoms with Crippen LogP contribution in [0.2, 0.25) is 0 Å². The molecule has 1 N–H and O–H groups in total. The molecule has 0 aliphatic carbocycles. The van der Waals surface area contributed by atoms with Gasteiger partial charge >= 0.3 is 0 Å². The Hall–Kier alpha value is -4.03. The van der Waals surface area contributed by atoms with Gasteiger partial charge in [-0.1, -0.05) is 18.2 Å². The van der Waals surface area contributed by atoms with Gasteiger partial charge in [0.1, 0.15) is 18.0 Å². The number of hydrogen-bond acceptors (Lipinski definition) is 8. The minimum Gasteiger partial charge on any atom is -0.365 e. The highest BCUT2D eigenvalue weighted by atomic mass is 19.3. The van der Waals surface area contributed by atoms with E-state index in [1.165, 1.54) is 23.0 Å². The van der Waals surface area contributed by atoms with E-state index in [0.29, 0.717) is 48.7 Å². The first kappa shape index (κ1) is 22.7. The molecule has 1 aliphatic rings.